The summed E-state index contributed by atoms with van der Waals surface area (Å²) in [5.41, 5.74) is 0.847. The van der Waals surface area contributed by atoms with Crippen molar-refractivity contribution >= 4 is 0 Å². The smallest absolute Gasteiger partial charge is 0.113 e. The van der Waals surface area contributed by atoms with Crippen LogP contribution in [0.15, 0.2) is 12.4 Å². The molecule has 0 saturated carbocycles. The highest BCUT2D eigenvalue weighted by Gasteiger charge is 1.87. The van der Waals surface area contributed by atoms with Crippen LogP contribution in [0.2, 0.25) is 0 Å². The Morgan fingerprint density at radius 3 is 3.11 bits per heavy atom. The normalized spacial score (nSPS) is 9.44. The van der Waals surface area contributed by atoms with Gasteiger partial charge in [-0.1, -0.05) is 0 Å². The fraction of sp³-hybridized carbons (Fsp3) is 0.333. The molecule has 9 heavy (non-hydrogen) atoms. The molecule has 3 nitrogen and oxygen atoms in total. The van der Waals surface area contributed by atoms with E-state index < -0.39 is 0 Å². The zero-order chi connectivity index (χ0) is 6.53. The van der Waals surface area contributed by atoms with E-state index in [2.05, 4.69) is 21.5 Å². The lowest BCUT2D eigenvalue weighted by molar-refractivity contribution is 0.782. The van der Waals surface area contributed by atoms with Gasteiger partial charge in [0.2, 0.25) is 0 Å². The summed E-state index contributed by atoms with van der Waals surface area (Å²) in [6, 6.07) is 0. The first-order valence-electron chi connectivity index (χ1n) is 2.75. The van der Waals surface area contributed by atoms with Crippen LogP contribution >= 0.6 is 0 Å². The molecule has 0 spiro atoms. The van der Waals surface area contributed by atoms with Gasteiger partial charge in [-0.2, -0.15) is 0 Å². The van der Waals surface area contributed by atoms with Gasteiger partial charge in [-0.3, -0.25) is 9.97 Å². The molecule has 1 rings (SSSR count). The molecule has 1 aromatic heterocycles. The molecule has 0 aliphatic rings. The molecule has 1 aromatic rings. The highest BCUT2D eigenvalue weighted by Crippen LogP contribution is 1.84. The molecule has 3 heteroatoms. The molecule has 0 unspecified atom stereocenters. The molecule has 47 valence electrons. The maximum absolute atomic E-state index is 3.99. The first kappa shape index (κ1) is 6.16. The first-order valence-corrected chi connectivity index (χ1v) is 2.75. The van der Waals surface area contributed by atoms with E-state index in [-0.39, 0.29) is 0 Å². The zero-order valence-corrected chi connectivity index (χ0v) is 5.26. The van der Waals surface area contributed by atoms with Crippen LogP contribution in [-0.2, 0) is 6.54 Å². The number of hydrogen-bond acceptors (Lipinski definition) is 3. The summed E-state index contributed by atoms with van der Waals surface area (Å²) in [4.78, 5) is 7.76. The van der Waals surface area contributed by atoms with Gasteiger partial charge < -0.3 is 5.32 Å². The first-order chi connectivity index (χ1) is 4.43. The second kappa shape index (κ2) is 3.14. The Bertz CT molecular complexity index is 161. The Balaban J connectivity index is 2.61. The molecule has 0 aromatic carbocycles. The van der Waals surface area contributed by atoms with Crippen molar-refractivity contribution < 1.29 is 0 Å². The third-order valence-electron chi connectivity index (χ3n) is 0.909. The highest BCUT2D eigenvalue weighted by molar-refractivity contribution is 4.90. The van der Waals surface area contributed by atoms with Crippen molar-refractivity contribution in [3.8, 4) is 0 Å². The minimum absolute atomic E-state index is 0.730. The van der Waals surface area contributed by atoms with Crippen LogP contribution in [0.25, 0.3) is 0 Å². The summed E-state index contributed by atoms with van der Waals surface area (Å²) in [5, 5.41) is 2.95. The van der Waals surface area contributed by atoms with E-state index in [0.29, 0.717) is 0 Å². The molecule has 0 amide bonds. The fourth-order valence-corrected chi connectivity index (χ4v) is 0.550. The number of nitrogens with one attached hydrogen (secondary N) is 1. The molecule has 0 atom stereocenters. The standard InChI is InChI=1S/C6H8N3/c1-7-4-6-5-8-2-3-9-6/h2-3,7H,4H2,1H3. The Morgan fingerprint density at radius 2 is 2.56 bits per heavy atom. The van der Waals surface area contributed by atoms with Crippen LogP contribution in [0.3, 0.4) is 0 Å². The summed E-state index contributed by atoms with van der Waals surface area (Å²) < 4.78 is 0. The van der Waals surface area contributed by atoms with Gasteiger partial charge in [-0.25, -0.2) is 0 Å². The van der Waals surface area contributed by atoms with E-state index in [1.54, 1.807) is 12.4 Å². The van der Waals surface area contributed by atoms with E-state index in [9.17, 15) is 0 Å². The van der Waals surface area contributed by atoms with Crippen molar-refractivity contribution in [1.29, 1.82) is 0 Å². The number of hydrogen-bond donors (Lipinski definition) is 1. The Kier molecular flexibility index (Phi) is 2.15. The van der Waals surface area contributed by atoms with E-state index in [1.165, 1.54) is 0 Å². The molecular formula is C6H8N3. The van der Waals surface area contributed by atoms with E-state index in [1.807, 2.05) is 7.05 Å². The third kappa shape index (κ3) is 1.77. The number of aromatic nitrogens is 2. The lowest BCUT2D eigenvalue weighted by Gasteiger charge is -1.93. The maximum Gasteiger partial charge on any atom is 0.113 e. The van der Waals surface area contributed by atoms with Crippen LogP contribution in [0.1, 0.15) is 5.69 Å². The average Bonchev–Trinajstić information content (AvgIpc) is 1.91. The fourth-order valence-electron chi connectivity index (χ4n) is 0.550. The molecule has 0 aliphatic carbocycles. The van der Waals surface area contributed by atoms with E-state index in [0.717, 1.165) is 12.2 Å². The molecule has 0 aliphatic heterocycles. The average molecular weight is 122 g/mol. The SMILES string of the molecule is CNCc1[c]nccn1. The minimum atomic E-state index is 0.730. The van der Waals surface area contributed by atoms with Crippen molar-refractivity contribution in [3.05, 3.63) is 24.3 Å². The molecule has 1 heterocycles. The van der Waals surface area contributed by atoms with Crippen LogP contribution in [-0.4, -0.2) is 17.0 Å². The second-order valence-electron chi connectivity index (χ2n) is 1.65. The number of nitrogens with zero attached hydrogens (tertiary/aromatic N) is 2. The lowest BCUT2D eigenvalue weighted by Crippen LogP contribution is -2.06. The number of rotatable bonds is 2. The monoisotopic (exact) mass is 122 g/mol. The van der Waals surface area contributed by atoms with Gasteiger partial charge in [0, 0.05) is 18.9 Å². The van der Waals surface area contributed by atoms with Gasteiger partial charge in [-0.05, 0) is 7.05 Å². The van der Waals surface area contributed by atoms with Gasteiger partial charge in [0.1, 0.15) is 6.20 Å². The molecular weight excluding hydrogens is 114 g/mol. The Labute approximate surface area is 54.2 Å². The van der Waals surface area contributed by atoms with Crippen molar-refractivity contribution in [1.82, 2.24) is 15.3 Å². The van der Waals surface area contributed by atoms with E-state index in [4.69, 9.17) is 0 Å². The molecule has 1 radical (unpaired) electrons. The molecule has 0 fully saturated rings. The highest BCUT2D eigenvalue weighted by atomic mass is 14.9. The molecule has 1 N–H and O–H groups in total. The third-order valence-corrected chi connectivity index (χ3v) is 0.909. The quantitative estimate of drug-likeness (QED) is 0.599. The van der Waals surface area contributed by atoms with Crippen LogP contribution < -0.4 is 5.32 Å². The van der Waals surface area contributed by atoms with E-state index >= 15 is 0 Å². The van der Waals surface area contributed by atoms with Gasteiger partial charge in [-0.15, -0.1) is 0 Å². The Hall–Kier alpha value is -0.960. The van der Waals surface area contributed by atoms with Crippen molar-refractivity contribution in [2.75, 3.05) is 7.05 Å². The Morgan fingerprint density at radius 1 is 1.67 bits per heavy atom. The predicted molar refractivity (Wildman–Crippen MR) is 33.6 cm³/mol. The predicted octanol–water partition coefficient (Wildman–Crippen LogP) is -0.00381. The summed E-state index contributed by atoms with van der Waals surface area (Å²) >= 11 is 0. The summed E-state index contributed by atoms with van der Waals surface area (Å²) in [7, 11) is 1.86. The van der Waals surface area contributed by atoms with Crippen molar-refractivity contribution in [3.63, 3.8) is 0 Å². The zero-order valence-electron chi connectivity index (χ0n) is 5.26. The summed E-state index contributed by atoms with van der Waals surface area (Å²) in [6.07, 6.45) is 6.01. The van der Waals surface area contributed by atoms with Gasteiger partial charge in [0.15, 0.2) is 0 Å². The summed E-state index contributed by atoms with van der Waals surface area (Å²) in [6.45, 7) is 0.730. The van der Waals surface area contributed by atoms with Crippen LogP contribution in [0.4, 0.5) is 0 Å². The molecule has 0 bridgehead atoms. The van der Waals surface area contributed by atoms with Crippen molar-refractivity contribution in [2.45, 2.75) is 6.54 Å². The van der Waals surface area contributed by atoms with Gasteiger partial charge in [0.25, 0.3) is 0 Å². The minimum Gasteiger partial charge on any atom is -0.314 e. The van der Waals surface area contributed by atoms with Crippen LogP contribution in [0, 0.1) is 6.20 Å². The second-order valence-corrected chi connectivity index (χ2v) is 1.65. The largest absolute Gasteiger partial charge is 0.314 e. The van der Waals surface area contributed by atoms with Crippen LogP contribution in [0.5, 0.6) is 0 Å². The van der Waals surface area contributed by atoms with Gasteiger partial charge in [0.05, 0.1) is 5.69 Å². The molecule has 0 saturated heterocycles. The topological polar surface area (TPSA) is 37.8 Å². The lowest BCUT2D eigenvalue weighted by atomic mass is 10.4. The maximum atomic E-state index is 3.99. The van der Waals surface area contributed by atoms with Gasteiger partial charge >= 0.3 is 0 Å². The summed E-state index contributed by atoms with van der Waals surface area (Å²) in [5.74, 6) is 0. The van der Waals surface area contributed by atoms with Crippen molar-refractivity contribution in [2.24, 2.45) is 0 Å².